The van der Waals surface area contributed by atoms with E-state index in [1.165, 1.54) is 25.9 Å². The Morgan fingerprint density at radius 1 is 1.25 bits per heavy atom. The number of aromatic nitrogens is 2. The average Bonchev–Trinajstić information content (AvgIpc) is 2.49. The summed E-state index contributed by atoms with van der Waals surface area (Å²) in [4.78, 5) is 2.53. The van der Waals surface area contributed by atoms with Gasteiger partial charge in [-0.05, 0) is 31.8 Å². The Balaban J connectivity index is 1.57. The summed E-state index contributed by atoms with van der Waals surface area (Å²) in [5, 5.41) is 14.0. The second kappa shape index (κ2) is 6.18. The maximum Gasteiger partial charge on any atom is 0.156 e. The van der Waals surface area contributed by atoms with Crippen molar-refractivity contribution in [2.75, 3.05) is 31.5 Å². The fraction of sp³-hybridized carbons (Fsp3) is 0.500. The van der Waals surface area contributed by atoms with Crippen molar-refractivity contribution in [1.82, 2.24) is 15.1 Å². The van der Waals surface area contributed by atoms with Gasteiger partial charge in [0, 0.05) is 23.9 Å². The van der Waals surface area contributed by atoms with E-state index in [0.717, 1.165) is 35.6 Å². The van der Waals surface area contributed by atoms with Gasteiger partial charge in [-0.1, -0.05) is 31.2 Å². The number of likely N-dealkylation sites (tertiary alicyclic amines) is 1. The molecular formula is C16H22N4. The average molecular weight is 270 g/mol. The van der Waals surface area contributed by atoms with Gasteiger partial charge in [0.25, 0.3) is 0 Å². The van der Waals surface area contributed by atoms with E-state index in [1.54, 1.807) is 0 Å². The zero-order valence-electron chi connectivity index (χ0n) is 12.0. The number of fused-ring (bicyclic) bond motifs is 1. The van der Waals surface area contributed by atoms with E-state index < -0.39 is 0 Å². The van der Waals surface area contributed by atoms with Crippen molar-refractivity contribution in [2.24, 2.45) is 5.92 Å². The molecule has 0 atom stereocenters. The Morgan fingerprint density at radius 3 is 2.90 bits per heavy atom. The highest BCUT2D eigenvalue weighted by Gasteiger charge is 2.14. The van der Waals surface area contributed by atoms with Crippen LogP contribution in [0.4, 0.5) is 5.82 Å². The fourth-order valence-corrected chi connectivity index (χ4v) is 2.78. The Morgan fingerprint density at radius 2 is 2.05 bits per heavy atom. The minimum Gasteiger partial charge on any atom is -0.367 e. The minimum atomic E-state index is 0.892. The van der Waals surface area contributed by atoms with Crippen molar-refractivity contribution >= 4 is 16.6 Å². The molecule has 0 saturated carbocycles. The van der Waals surface area contributed by atoms with E-state index in [2.05, 4.69) is 39.5 Å². The van der Waals surface area contributed by atoms with Gasteiger partial charge < -0.3 is 10.2 Å². The van der Waals surface area contributed by atoms with Crippen LogP contribution in [0, 0.1) is 5.92 Å². The highest BCUT2D eigenvalue weighted by Crippen LogP contribution is 2.19. The molecule has 0 amide bonds. The molecule has 1 N–H and O–H groups in total. The Bertz CT molecular complexity index is 556. The van der Waals surface area contributed by atoms with Crippen LogP contribution in [-0.4, -0.2) is 41.3 Å². The summed E-state index contributed by atoms with van der Waals surface area (Å²) < 4.78 is 0. The van der Waals surface area contributed by atoms with Gasteiger partial charge in [-0.3, -0.25) is 0 Å². The van der Waals surface area contributed by atoms with Crippen molar-refractivity contribution in [3.63, 3.8) is 0 Å². The number of piperidine rings is 1. The minimum absolute atomic E-state index is 0.892. The smallest absolute Gasteiger partial charge is 0.156 e. The van der Waals surface area contributed by atoms with Crippen molar-refractivity contribution in [3.8, 4) is 0 Å². The summed E-state index contributed by atoms with van der Waals surface area (Å²) in [6, 6.07) is 8.24. The van der Waals surface area contributed by atoms with E-state index in [4.69, 9.17) is 0 Å². The van der Waals surface area contributed by atoms with Crippen LogP contribution >= 0.6 is 0 Å². The molecule has 2 heterocycles. The predicted octanol–water partition coefficient (Wildman–Crippen LogP) is 2.77. The molecule has 1 fully saturated rings. The number of rotatable bonds is 4. The van der Waals surface area contributed by atoms with Crippen LogP contribution in [0.15, 0.2) is 30.5 Å². The third-order valence-corrected chi connectivity index (χ3v) is 4.17. The molecule has 1 aliphatic heterocycles. The molecular weight excluding hydrogens is 248 g/mol. The summed E-state index contributed by atoms with van der Waals surface area (Å²) in [6.07, 6.45) is 4.47. The molecule has 1 aromatic heterocycles. The second-order valence-corrected chi connectivity index (χ2v) is 5.73. The third-order valence-electron chi connectivity index (χ3n) is 4.17. The zero-order valence-corrected chi connectivity index (χ0v) is 12.0. The highest BCUT2D eigenvalue weighted by atomic mass is 15.2. The maximum absolute atomic E-state index is 4.22. The number of nitrogens with zero attached hydrogens (tertiary/aromatic N) is 3. The fourth-order valence-electron chi connectivity index (χ4n) is 2.78. The molecule has 106 valence electrons. The molecule has 0 unspecified atom stereocenters. The number of hydrogen-bond acceptors (Lipinski definition) is 4. The van der Waals surface area contributed by atoms with Gasteiger partial charge in [0.15, 0.2) is 5.82 Å². The molecule has 1 saturated heterocycles. The Kier molecular flexibility index (Phi) is 4.11. The third kappa shape index (κ3) is 3.07. The monoisotopic (exact) mass is 270 g/mol. The number of benzene rings is 1. The summed E-state index contributed by atoms with van der Waals surface area (Å²) >= 11 is 0. The first-order valence-electron chi connectivity index (χ1n) is 7.49. The van der Waals surface area contributed by atoms with Crippen LogP contribution in [0.5, 0.6) is 0 Å². The van der Waals surface area contributed by atoms with E-state index in [0.29, 0.717) is 0 Å². The predicted molar refractivity (Wildman–Crippen MR) is 82.9 cm³/mol. The van der Waals surface area contributed by atoms with Crippen molar-refractivity contribution in [2.45, 2.75) is 19.8 Å². The summed E-state index contributed by atoms with van der Waals surface area (Å²) in [7, 11) is 0. The first kappa shape index (κ1) is 13.3. The molecule has 1 aliphatic rings. The zero-order chi connectivity index (χ0) is 13.8. The SMILES string of the molecule is CC1CCN(CCNc2nncc3ccccc23)CC1. The lowest BCUT2D eigenvalue weighted by Crippen LogP contribution is -2.36. The van der Waals surface area contributed by atoms with Crippen LogP contribution < -0.4 is 5.32 Å². The number of anilines is 1. The lowest BCUT2D eigenvalue weighted by atomic mass is 9.99. The van der Waals surface area contributed by atoms with Gasteiger partial charge in [-0.2, -0.15) is 5.10 Å². The molecule has 2 aromatic rings. The number of nitrogens with one attached hydrogen (secondary N) is 1. The standard InChI is InChI=1S/C16H22N4/c1-13-6-9-20(10-7-13)11-8-17-16-15-5-3-2-4-14(15)12-18-19-16/h2-5,12-13H,6-11H2,1H3,(H,17,19). The summed E-state index contributed by atoms with van der Waals surface area (Å²) in [5.74, 6) is 1.79. The molecule has 0 radical (unpaired) electrons. The first-order valence-corrected chi connectivity index (χ1v) is 7.49. The van der Waals surface area contributed by atoms with Crippen LogP contribution in [-0.2, 0) is 0 Å². The van der Waals surface area contributed by atoms with Gasteiger partial charge in [-0.25, -0.2) is 0 Å². The molecule has 4 heteroatoms. The van der Waals surface area contributed by atoms with E-state index >= 15 is 0 Å². The topological polar surface area (TPSA) is 41.0 Å². The maximum atomic E-state index is 4.22. The van der Waals surface area contributed by atoms with Gasteiger partial charge in [0.2, 0.25) is 0 Å². The van der Waals surface area contributed by atoms with Crippen molar-refractivity contribution in [3.05, 3.63) is 30.5 Å². The lowest BCUT2D eigenvalue weighted by Gasteiger charge is -2.30. The van der Waals surface area contributed by atoms with Gasteiger partial charge >= 0.3 is 0 Å². The van der Waals surface area contributed by atoms with Gasteiger partial charge in [-0.15, -0.1) is 5.10 Å². The lowest BCUT2D eigenvalue weighted by molar-refractivity contribution is 0.199. The van der Waals surface area contributed by atoms with E-state index in [1.807, 2.05) is 18.3 Å². The van der Waals surface area contributed by atoms with Crippen LogP contribution in [0.25, 0.3) is 10.8 Å². The highest BCUT2D eigenvalue weighted by molar-refractivity contribution is 5.90. The van der Waals surface area contributed by atoms with Crippen LogP contribution in [0.3, 0.4) is 0 Å². The molecule has 0 bridgehead atoms. The van der Waals surface area contributed by atoms with Crippen LogP contribution in [0.2, 0.25) is 0 Å². The van der Waals surface area contributed by atoms with Crippen molar-refractivity contribution in [1.29, 1.82) is 0 Å². The molecule has 3 rings (SSSR count). The quantitative estimate of drug-likeness (QED) is 0.927. The van der Waals surface area contributed by atoms with Crippen LogP contribution in [0.1, 0.15) is 19.8 Å². The molecule has 4 nitrogen and oxygen atoms in total. The largest absolute Gasteiger partial charge is 0.367 e. The van der Waals surface area contributed by atoms with E-state index in [9.17, 15) is 0 Å². The molecule has 0 aliphatic carbocycles. The second-order valence-electron chi connectivity index (χ2n) is 5.73. The first-order chi connectivity index (χ1) is 9.83. The Hall–Kier alpha value is -1.68. The Labute approximate surface area is 120 Å². The molecule has 20 heavy (non-hydrogen) atoms. The van der Waals surface area contributed by atoms with E-state index in [-0.39, 0.29) is 0 Å². The summed E-state index contributed by atoms with van der Waals surface area (Å²) in [6.45, 7) is 6.81. The summed E-state index contributed by atoms with van der Waals surface area (Å²) in [5.41, 5.74) is 0. The number of hydrogen-bond donors (Lipinski definition) is 1. The normalized spacial score (nSPS) is 17.4. The van der Waals surface area contributed by atoms with Gasteiger partial charge in [0.1, 0.15) is 0 Å². The van der Waals surface area contributed by atoms with Gasteiger partial charge in [0.05, 0.1) is 6.20 Å². The molecule has 0 spiro atoms. The van der Waals surface area contributed by atoms with Crippen molar-refractivity contribution < 1.29 is 0 Å². The molecule has 1 aromatic carbocycles.